The first kappa shape index (κ1) is 24.4. The number of aliphatic hydroxyl groups excluding tert-OH is 1. The standard InChI is InChI=1S/C26H36N8O2/c1-4-21-25(30-17-5-6-19(35)11-17)32-22-20(13-28-24(27)23(22)31-21)16-12-29-34(14-16)18-7-9-33(10-8-18)26(36)15(2)3/h12-15,17-19,35H,4-11H2,1-3H3,(H2,27,28)(H,30,32)/t17-,19+/m1/s1. The lowest BCUT2D eigenvalue weighted by molar-refractivity contribution is -0.135. The number of nitrogens with two attached hydrogens (primary N) is 1. The van der Waals surface area contributed by atoms with Crippen molar-refractivity contribution in [3.05, 3.63) is 24.3 Å². The fourth-order valence-electron chi connectivity index (χ4n) is 5.34. The van der Waals surface area contributed by atoms with E-state index in [0.717, 1.165) is 61.4 Å². The molecule has 5 rings (SSSR count). The average molecular weight is 493 g/mol. The van der Waals surface area contributed by atoms with Crippen LogP contribution in [0.3, 0.4) is 0 Å². The monoisotopic (exact) mass is 492 g/mol. The Kier molecular flexibility index (Phi) is 6.79. The van der Waals surface area contributed by atoms with Crippen molar-refractivity contribution in [1.82, 2.24) is 29.6 Å². The van der Waals surface area contributed by atoms with Gasteiger partial charge in [0.15, 0.2) is 5.82 Å². The summed E-state index contributed by atoms with van der Waals surface area (Å²) in [6, 6.07) is 0.419. The van der Waals surface area contributed by atoms with Crippen LogP contribution in [0.15, 0.2) is 18.6 Å². The molecule has 192 valence electrons. The van der Waals surface area contributed by atoms with Gasteiger partial charge in [-0.1, -0.05) is 20.8 Å². The summed E-state index contributed by atoms with van der Waals surface area (Å²) in [6.07, 6.45) is 10.2. The molecule has 1 amide bonds. The first-order valence-corrected chi connectivity index (χ1v) is 13.1. The number of amides is 1. The van der Waals surface area contributed by atoms with E-state index in [1.54, 1.807) is 6.20 Å². The number of likely N-dealkylation sites (tertiary alicyclic amines) is 1. The number of hydrogen-bond acceptors (Lipinski definition) is 8. The molecule has 10 heteroatoms. The van der Waals surface area contributed by atoms with Gasteiger partial charge in [-0.3, -0.25) is 9.48 Å². The van der Waals surface area contributed by atoms with Gasteiger partial charge in [0.2, 0.25) is 5.91 Å². The van der Waals surface area contributed by atoms with Gasteiger partial charge in [-0.15, -0.1) is 0 Å². The minimum Gasteiger partial charge on any atom is -0.393 e. The zero-order valence-corrected chi connectivity index (χ0v) is 21.3. The summed E-state index contributed by atoms with van der Waals surface area (Å²) >= 11 is 0. The van der Waals surface area contributed by atoms with Gasteiger partial charge >= 0.3 is 0 Å². The second-order valence-electron chi connectivity index (χ2n) is 10.4. The number of rotatable bonds is 6. The van der Waals surface area contributed by atoms with Crippen molar-refractivity contribution in [2.45, 2.75) is 77.5 Å². The highest BCUT2D eigenvalue weighted by Crippen LogP contribution is 2.33. The summed E-state index contributed by atoms with van der Waals surface area (Å²) in [5, 5.41) is 18.1. The Hall–Kier alpha value is -3.27. The summed E-state index contributed by atoms with van der Waals surface area (Å²) < 4.78 is 2.00. The minimum absolute atomic E-state index is 0.0246. The number of carbonyl (C=O) groups is 1. The van der Waals surface area contributed by atoms with E-state index >= 15 is 0 Å². The van der Waals surface area contributed by atoms with E-state index in [2.05, 4.69) is 15.4 Å². The molecule has 4 heterocycles. The SMILES string of the molecule is CCc1nc2c(N)ncc(-c3cnn(C4CCN(C(=O)C(C)C)CC4)c3)c2nc1N[C@@H]1CC[C@H](O)C1. The Balaban J connectivity index is 1.43. The third kappa shape index (κ3) is 4.74. The molecule has 1 saturated carbocycles. The number of hydrogen-bond donors (Lipinski definition) is 3. The molecule has 0 unspecified atom stereocenters. The Morgan fingerprint density at radius 3 is 2.61 bits per heavy atom. The molecular weight excluding hydrogens is 456 g/mol. The highest BCUT2D eigenvalue weighted by Gasteiger charge is 2.27. The van der Waals surface area contributed by atoms with Crippen molar-refractivity contribution < 1.29 is 9.90 Å². The Morgan fingerprint density at radius 2 is 1.94 bits per heavy atom. The van der Waals surface area contributed by atoms with Crippen LogP contribution in [0.5, 0.6) is 0 Å². The van der Waals surface area contributed by atoms with Crippen LogP contribution < -0.4 is 11.1 Å². The number of piperidine rings is 1. The average Bonchev–Trinajstić information content (AvgIpc) is 3.53. The smallest absolute Gasteiger partial charge is 0.225 e. The van der Waals surface area contributed by atoms with Crippen LogP contribution in [0, 0.1) is 5.92 Å². The molecule has 0 aromatic carbocycles. The molecule has 4 N–H and O–H groups in total. The first-order chi connectivity index (χ1) is 17.3. The molecule has 2 fully saturated rings. The molecule has 3 aromatic rings. The van der Waals surface area contributed by atoms with Gasteiger partial charge in [-0.05, 0) is 38.5 Å². The molecule has 2 aliphatic rings. The van der Waals surface area contributed by atoms with Crippen LogP contribution >= 0.6 is 0 Å². The summed E-state index contributed by atoms with van der Waals surface area (Å²) in [4.78, 5) is 28.5. The third-order valence-electron chi connectivity index (χ3n) is 7.44. The molecular formula is C26H36N8O2. The number of nitrogen functional groups attached to an aromatic ring is 1. The van der Waals surface area contributed by atoms with E-state index in [0.29, 0.717) is 29.7 Å². The van der Waals surface area contributed by atoms with E-state index in [9.17, 15) is 9.90 Å². The van der Waals surface area contributed by atoms with Crippen LogP contribution in [0.1, 0.15) is 64.6 Å². The Bertz CT molecular complexity index is 1250. The van der Waals surface area contributed by atoms with Crippen molar-refractivity contribution in [3.63, 3.8) is 0 Å². The fraction of sp³-hybridized carbons (Fsp3) is 0.577. The lowest BCUT2D eigenvalue weighted by atomic mass is 10.0. The summed E-state index contributed by atoms with van der Waals surface area (Å²) in [6.45, 7) is 7.44. The van der Waals surface area contributed by atoms with Gasteiger partial charge in [0, 0.05) is 48.6 Å². The molecule has 2 atom stereocenters. The number of aryl methyl sites for hydroxylation is 1. The van der Waals surface area contributed by atoms with Crippen molar-refractivity contribution in [2.24, 2.45) is 5.92 Å². The second-order valence-corrected chi connectivity index (χ2v) is 10.4. The first-order valence-electron chi connectivity index (χ1n) is 13.1. The van der Waals surface area contributed by atoms with Gasteiger partial charge in [0.05, 0.1) is 24.0 Å². The topological polar surface area (TPSA) is 135 Å². The number of pyridine rings is 1. The molecule has 1 saturated heterocycles. The second kappa shape index (κ2) is 10.0. The quantitative estimate of drug-likeness (QED) is 0.477. The van der Waals surface area contributed by atoms with Crippen molar-refractivity contribution in [1.29, 1.82) is 0 Å². The van der Waals surface area contributed by atoms with Crippen molar-refractivity contribution in [3.8, 4) is 11.1 Å². The molecule has 1 aliphatic heterocycles. The van der Waals surface area contributed by atoms with E-state index in [1.807, 2.05) is 42.7 Å². The molecule has 3 aromatic heterocycles. The predicted octanol–water partition coefficient (Wildman–Crippen LogP) is 3.18. The summed E-state index contributed by atoms with van der Waals surface area (Å²) in [7, 11) is 0. The highest BCUT2D eigenvalue weighted by atomic mass is 16.3. The normalized spacial score (nSPS) is 21.0. The van der Waals surface area contributed by atoms with Gasteiger partial charge in [0.1, 0.15) is 16.9 Å². The summed E-state index contributed by atoms with van der Waals surface area (Å²) in [5.74, 6) is 1.34. The molecule has 0 bridgehead atoms. The number of nitrogens with zero attached hydrogens (tertiary/aromatic N) is 6. The van der Waals surface area contributed by atoms with Crippen molar-refractivity contribution >= 4 is 28.6 Å². The highest BCUT2D eigenvalue weighted by molar-refractivity contribution is 5.96. The summed E-state index contributed by atoms with van der Waals surface area (Å²) in [5.41, 5.74) is 10.1. The zero-order valence-electron chi connectivity index (χ0n) is 21.3. The molecule has 10 nitrogen and oxygen atoms in total. The van der Waals surface area contributed by atoms with Gasteiger partial charge in [-0.2, -0.15) is 5.10 Å². The Labute approximate surface area is 211 Å². The third-order valence-corrected chi connectivity index (χ3v) is 7.44. The van der Waals surface area contributed by atoms with Gasteiger partial charge in [-0.25, -0.2) is 15.0 Å². The number of aliphatic hydroxyl groups is 1. The van der Waals surface area contributed by atoms with Gasteiger partial charge in [0.25, 0.3) is 0 Å². The largest absolute Gasteiger partial charge is 0.393 e. The maximum absolute atomic E-state index is 12.3. The Morgan fingerprint density at radius 1 is 1.17 bits per heavy atom. The number of carbonyl (C=O) groups excluding carboxylic acids is 1. The van der Waals surface area contributed by atoms with E-state index in [1.165, 1.54) is 0 Å². The molecule has 0 spiro atoms. The van der Waals surface area contributed by atoms with Crippen molar-refractivity contribution in [2.75, 3.05) is 24.1 Å². The van der Waals surface area contributed by atoms with E-state index in [4.69, 9.17) is 15.7 Å². The molecule has 1 aliphatic carbocycles. The fourth-order valence-corrected chi connectivity index (χ4v) is 5.34. The minimum atomic E-state index is -0.266. The van der Waals surface area contributed by atoms with E-state index in [-0.39, 0.29) is 30.0 Å². The maximum Gasteiger partial charge on any atom is 0.225 e. The number of fused-ring (bicyclic) bond motifs is 1. The number of nitrogens with one attached hydrogen (secondary N) is 1. The van der Waals surface area contributed by atoms with Gasteiger partial charge < -0.3 is 21.1 Å². The van der Waals surface area contributed by atoms with Crippen LogP contribution in [-0.2, 0) is 11.2 Å². The number of anilines is 2. The van der Waals surface area contributed by atoms with Crippen LogP contribution in [0.2, 0.25) is 0 Å². The molecule has 36 heavy (non-hydrogen) atoms. The lowest BCUT2D eigenvalue weighted by Gasteiger charge is -2.33. The van der Waals surface area contributed by atoms with Crippen LogP contribution in [0.4, 0.5) is 11.6 Å². The molecule has 0 radical (unpaired) electrons. The predicted molar refractivity (Wildman–Crippen MR) is 139 cm³/mol. The zero-order chi connectivity index (χ0) is 25.4. The maximum atomic E-state index is 12.3. The van der Waals surface area contributed by atoms with E-state index < -0.39 is 0 Å². The lowest BCUT2D eigenvalue weighted by Crippen LogP contribution is -2.41. The van der Waals surface area contributed by atoms with Crippen LogP contribution in [0.25, 0.3) is 22.2 Å². The number of aromatic nitrogens is 5. The van der Waals surface area contributed by atoms with Crippen LogP contribution in [-0.4, -0.2) is 65.9 Å².